The highest BCUT2D eigenvalue weighted by Gasteiger charge is 2.24. The molecule has 1 fully saturated rings. The molecule has 148 valence electrons. The maximum absolute atomic E-state index is 13.8. The van der Waals surface area contributed by atoms with E-state index in [1.807, 2.05) is 0 Å². The molecule has 4 N–H and O–H groups in total. The molecule has 1 atom stereocenters. The minimum Gasteiger partial charge on any atom is -0.494 e. The molecule has 1 saturated carbocycles. The van der Waals surface area contributed by atoms with E-state index in [9.17, 15) is 23.9 Å². The molecule has 0 saturated heterocycles. The van der Waals surface area contributed by atoms with Gasteiger partial charge in [0.2, 0.25) is 5.91 Å². The van der Waals surface area contributed by atoms with Gasteiger partial charge in [0, 0.05) is 6.04 Å². The molecule has 8 nitrogen and oxygen atoms in total. The van der Waals surface area contributed by atoms with Gasteiger partial charge in [0.25, 0.3) is 0 Å². The Morgan fingerprint density at radius 1 is 1.26 bits per heavy atom. The summed E-state index contributed by atoms with van der Waals surface area (Å²) in [5, 5.41) is 16.8. The fraction of sp³-hybridized carbons (Fsp3) is 0.500. The summed E-state index contributed by atoms with van der Waals surface area (Å²) in [5.41, 5.74) is 0.0563. The number of nitrogens with one attached hydrogen (secondary N) is 3. The highest BCUT2D eigenvalue weighted by molar-refractivity contribution is 5.88. The summed E-state index contributed by atoms with van der Waals surface area (Å²) in [5.74, 6) is -2.81. The van der Waals surface area contributed by atoms with Gasteiger partial charge in [-0.25, -0.2) is 14.0 Å². The average molecular weight is 381 g/mol. The number of benzene rings is 1. The topological polar surface area (TPSA) is 117 Å². The van der Waals surface area contributed by atoms with Crippen LogP contribution in [0.4, 0.5) is 9.18 Å². The maximum Gasteiger partial charge on any atom is 0.330 e. The van der Waals surface area contributed by atoms with Crippen LogP contribution in [0.1, 0.15) is 43.7 Å². The van der Waals surface area contributed by atoms with Crippen LogP contribution in [0, 0.1) is 5.82 Å². The molecule has 0 spiro atoms. The third-order valence-corrected chi connectivity index (χ3v) is 4.41. The van der Waals surface area contributed by atoms with Crippen molar-refractivity contribution < 1.29 is 28.6 Å². The van der Waals surface area contributed by atoms with E-state index in [-0.39, 0.29) is 23.9 Å². The number of hydrogen-bond donors (Lipinski definition) is 4. The Hall–Kier alpha value is -2.84. The van der Waals surface area contributed by atoms with E-state index in [4.69, 9.17) is 4.74 Å². The van der Waals surface area contributed by atoms with Crippen LogP contribution in [0.3, 0.4) is 0 Å². The molecule has 0 heterocycles. The number of carbonyl (C=O) groups excluding carboxylic acids is 2. The van der Waals surface area contributed by atoms with Crippen molar-refractivity contribution in [2.45, 2.75) is 44.2 Å². The predicted molar refractivity (Wildman–Crippen MR) is 94.9 cm³/mol. The van der Waals surface area contributed by atoms with Gasteiger partial charge in [-0.1, -0.05) is 25.3 Å². The Labute approximate surface area is 156 Å². The Bertz CT molecular complexity index is 692. The summed E-state index contributed by atoms with van der Waals surface area (Å²) in [6.45, 7) is -0.388. The highest BCUT2D eigenvalue weighted by Crippen LogP contribution is 2.22. The number of rotatable bonds is 7. The van der Waals surface area contributed by atoms with E-state index in [1.54, 1.807) is 0 Å². The first-order chi connectivity index (χ1) is 12.9. The molecule has 3 amide bonds. The maximum atomic E-state index is 13.8. The number of urea groups is 1. The number of hydrogen-bond acceptors (Lipinski definition) is 4. The van der Waals surface area contributed by atoms with Crippen LogP contribution < -0.4 is 20.7 Å². The van der Waals surface area contributed by atoms with Crippen LogP contribution in [0.15, 0.2) is 18.2 Å². The second-order valence-corrected chi connectivity index (χ2v) is 6.39. The number of methoxy groups -OCH3 is 1. The zero-order valence-electron chi connectivity index (χ0n) is 15.1. The van der Waals surface area contributed by atoms with E-state index in [0.717, 1.165) is 38.2 Å². The number of carboxylic acid groups (broad SMARTS) is 1. The molecule has 27 heavy (non-hydrogen) atoms. The average Bonchev–Trinajstić information content (AvgIpc) is 2.65. The molecule has 0 bridgehead atoms. The second-order valence-electron chi connectivity index (χ2n) is 6.39. The number of aliphatic carboxylic acids is 1. The standard InChI is InChI=1S/C18H24FN3O5/c1-27-14-8-7-11(9-13(14)19)16(17(24)25)22-15(23)10-20-18(26)21-12-5-3-2-4-6-12/h7-9,12,16H,2-6,10H2,1H3,(H,22,23)(H,24,25)(H2,20,21,26). The van der Waals surface area contributed by atoms with Gasteiger partial charge in [-0.15, -0.1) is 0 Å². The van der Waals surface area contributed by atoms with Gasteiger partial charge >= 0.3 is 12.0 Å². The van der Waals surface area contributed by atoms with Crippen molar-refractivity contribution in [1.29, 1.82) is 0 Å². The quantitative estimate of drug-likeness (QED) is 0.574. The summed E-state index contributed by atoms with van der Waals surface area (Å²) >= 11 is 0. The van der Waals surface area contributed by atoms with Crippen LogP contribution in [0.5, 0.6) is 5.75 Å². The van der Waals surface area contributed by atoms with Crippen LogP contribution >= 0.6 is 0 Å². The molecule has 9 heteroatoms. The van der Waals surface area contributed by atoms with E-state index in [2.05, 4.69) is 16.0 Å². The number of ether oxygens (including phenoxy) is 1. The number of amides is 3. The second kappa shape index (κ2) is 9.75. The normalized spacial score (nSPS) is 15.5. The molecule has 1 unspecified atom stereocenters. The van der Waals surface area contributed by atoms with Crippen LogP contribution in [0.2, 0.25) is 0 Å². The fourth-order valence-corrected chi connectivity index (χ4v) is 3.01. The molecule has 0 radical (unpaired) electrons. The first-order valence-corrected chi connectivity index (χ1v) is 8.80. The van der Waals surface area contributed by atoms with Crippen molar-refractivity contribution in [3.05, 3.63) is 29.6 Å². The summed E-state index contributed by atoms with van der Waals surface area (Å²) in [6.07, 6.45) is 5.09. The van der Waals surface area contributed by atoms with E-state index in [1.165, 1.54) is 19.2 Å². The molecule has 0 aliphatic heterocycles. The molecule has 0 aromatic heterocycles. The van der Waals surface area contributed by atoms with Gasteiger partial charge < -0.3 is 25.8 Å². The molecule has 2 rings (SSSR count). The lowest BCUT2D eigenvalue weighted by Gasteiger charge is -2.23. The summed E-state index contributed by atoms with van der Waals surface area (Å²) in [7, 11) is 1.29. The Morgan fingerprint density at radius 3 is 2.56 bits per heavy atom. The molecular formula is C18H24FN3O5. The van der Waals surface area contributed by atoms with Crippen molar-refractivity contribution >= 4 is 17.9 Å². The SMILES string of the molecule is COc1ccc(C(NC(=O)CNC(=O)NC2CCCCC2)C(=O)O)cc1F. The van der Waals surface area contributed by atoms with Gasteiger partial charge in [-0.2, -0.15) is 0 Å². The number of halogens is 1. The number of carboxylic acids is 1. The number of carbonyl (C=O) groups is 3. The zero-order chi connectivity index (χ0) is 19.8. The zero-order valence-corrected chi connectivity index (χ0v) is 15.1. The van der Waals surface area contributed by atoms with Crippen LogP contribution in [-0.2, 0) is 9.59 Å². The molecule has 1 aromatic rings. The Kier molecular flexibility index (Phi) is 7.39. The van der Waals surface area contributed by atoms with Gasteiger partial charge in [0.1, 0.15) is 0 Å². The minimum atomic E-state index is -1.44. The summed E-state index contributed by atoms with van der Waals surface area (Å²) < 4.78 is 18.6. The summed E-state index contributed by atoms with van der Waals surface area (Å²) in [6, 6.07) is 1.80. The first kappa shape index (κ1) is 20.5. The first-order valence-electron chi connectivity index (χ1n) is 8.80. The summed E-state index contributed by atoms with van der Waals surface area (Å²) in [4.78, 5) is 35.3. The highest BCUT2D eigenvalue weighted by atomic mass is 19.1. The van der Waals surface area contributed by atoms with Crippen molar-refractivity contribution in [2.24, 2.45) is 0 Å². The van der Waals surface area contributed by atoms with E-state index < -0.39 is 29.8 Å². The molecule has 1 aliphatic carbocycles. The smallest absolute Gasteiger partial charge is 0.330 e. The largest absolute Gasteiger partial charge is 0.494 e. The fourth-order valence-electron chi connectivity index (χ4n) is 3.01. The Morgan fingerprint density at radius 2 is 1.96 bits per heavy atom. The monoisotopic (exact) mass is 381 g/mol. The molecule has 1 aliphatic rings. The molecule has 1 aromatic carbocycles. The molecular weight excluding hydrogens is 357 g/mol. The lowest BCUT2D eigenvalue weighted by Crippen LogP contribution is -2.47. The predicted octanol–water partition coefficient (Wildman–Crippen LogP) is 1.71. The third-order valence-electron chi connectivity index (χ3n) is 4.41. The van der Waals surface area contributed by atoms with E-state index in [0.29, 0.717) is 0 Å². The van der Waals surface area contributed by atoms with E-state index >= 15 is 0 Å². The van der Waals surface area contributed by atoms with Crippen molar-refractivity contribution in [2.75, 3.05) is 13.7 Å². The lowest BCUT2D eigenvalue weighted by molar-refractivity contribution is -0.141. The van der Waals surface area contributed by atoms with Crippen molar-refractivity contribution in [3.8, 4) is 5.75 Å². The van der Waals surface area contributed by atoms with Gasteiger partial charge in [0.05, 0.1) is 13.7 Å². The van der Waals surface area contributed by atoms with Crippen LogP contribution in [-0.4, -0.2) is 42.7 Å². The minimum absolute atomic E-state index is 0.0322. The van der Waals surface area contributed by atoms with Gasteiger partial charge in [0.15, 0.2) is 17.6 Å². The van der Waals surface area contributed by atoms with Gasteiger partial charge in [-0.3, -0.25) is 4.79 Å². The Balaban J connectivity index is 1.88. The third kappa shape index (κ3) is 6.12. The lowest BCUT2D eigenvalue weighted by atomic mass is 9.96. The van der Waals surface area contributed by atoms with Crippen LogP contribution in [0.25, 0.3) is 0 Å². The van der Waals surface area contributed by atoms with Crippen molar-refractivity contribution in [3.63, 3.8) is 0 Å². The van der Waals surface area contributed by atoms with Crippen molar-refractivity contribution in [1.82, 2.24) is 16.0 Å². The van der Waals surface area contributed by atoms with Gasteiger partial charge in [-0.05, 0) is 30.5 Å².